The number of aromatic nitrogens is 1. The Bertz CT molecular complexity index is 607. The van der Waals surface area contributed by atoms with Gasteiger partial charge >= 0.3 is 0 Å². The average Bonchev–Trinajstić information content (AvgIpc) is 2.98. The summed E-state index contributed by atoms with van der Waals surface area (Å²) in [5.74, 6) is 1.70. The number of aryl methyl sites for hydroxylation is 1. The maximum absolute atomic E-state index is 5.62. The topological polar surface area (TPSA) is 43.4 Å². The number of methoxy groups -OCH3 is 1. The molecular formula is C16H20N2O2. The van der Waals surface area contributed by atoms with Crippen LogP contribution in [0.1, 0.15) is 18.4 Å². The number of rotatable bonds is 4. The van der Waals surface area contributed by atoms with Crippen LogP contribution in [0.25, 0.3) is 10.9 Å². The van der Waals surface area contributed by atoms with Gasteiger partial charge in [-0.25, -0.2) is 4.98 Å². The number of hydrogen-bond acceptors (Lipinski definition) is 4. The first kappa shape index (κ1) is 13.2. The molecule has 3 rings (SSSR count). The lowest BCUT2D eigenvalue weighted by molar-refractivity contribution is 0.120. The van der Waals surface area contributed by atoms with Crippen molar-refractivity contribution in [3.8, 4) is 5.75 Å². The molecule has 0 unspecified atom stereocenters. The Labute approximate surface area is 119 Å². The van der Waals surface area contributed by atoms with Gasteiger partial charge in [-0.05, 0) is 37.5 Å². The van der Waals surface area contributed by atoms with Gasteiger partial charge in [0.05, 0.1) is 13.2 Å². The third kappa shape index (κ3) is 2.56. The molecule has 0 bridgehead atoms. The van der Waals surface area contributed by atoms with E-state index in [-0.39, 0.29) is 0 Å². The molecule has 0 aliphatic carbocycles. The molecule has 1 atom stereocenters. The molecule has 1 saturated heterocycles. The summed E-state index contributed by atoms with van der Waals surface area (Å²) in [5, 5.41) is 4.51. The molecule has 2 aromatic rings. The predicted molar refractivity (Wildman–Crippen MR) is 80.5 cm³/mol. The Kier molecular flexibility index (Phi) is 3.74. The van der Waals surface area contributed by atoms with Gasteiger partial charge in [0.25, 0.3) is 0 Å². The Hall–Kier alpha value is -1.81. The minimum Gasteiger partial charge on any atom is -0.494 e. The van der Waals surface area contributed by atoms with Crippen molar-refractivity contribution in [2.24, 2.45) is 0 Å². The average molecular weight is 272 g/mol. The van der Waals surface area contributed by atoms with Crippen molar-refractivity contribution < 1.29 is 9.47 Å². The third-order valence-electron chi connectivity index (χ3n) is 3.76. The lowest BCUT2D eigenvalue weighted by atomic mass is 10.1. The van der Waals surface area contributed by atoms with Crippen LogP contribution in [0.4, 0.5) is 5.82 Å². The number of para-hydroxylation sites is 1. The second kappa shape index (κ2) is 5.67. The summed E-state index contributed by atoms with van der Waals surface area (Å²) < 4.78 is 11.0. The highest BCUT2D eigenvalue weighted by Crippen LogP contribution is 2.28. The van der Waals surface area contributed by atoms with Gasteiger partial charge in [-0.2, -0.15) is 0 Å². The maximum Gasteiger partial charge on any atom is 0.145 e. The monoisotopic (exact) mass is 272 g/mol. The highest BCUT2D eigenvalue weighted by atomic mass is 16.5. The van der Waals surface area contributed by atoms with Crippen molar-refractivity contribution in [1.82, 2.24) is 4.98 Å². The Morgan fingerprint density at radius 2 is 2.35 bits per heavy atom. The number of benzene rings is 1. The number of fused-ring (bicyclic) bond motifs is 1. The molecule has 2 heterocycles. The van der Waals surface area contributed by atoms with E-state index in [1.807, 2.05) is 12.1 Å². The minimum atomic E-state index is 0.311. The van der Waals surface area contributed by atoms with E-state index < -0.39 is 0 Å². The molecule has 0 radical (unpaired) electrons. The van der Waals surface area contributed by atoms with Crippen LogP contribution in [0.2, 0.25) is 0 Å². The number of hydrogen-bond donors (Lipinski definition) is 1. The van der Waals surface area contributed by atoms with Crippen molar-refractivity contribution in [3.63, 3.8) is 0 Å². The smallest absolute Gasteiger partial charge is 0.145 e. The molecule has 1 fully saturated rings. The number of nitrogens with one attached hydrogen (secondary N) is 1. The number of nitrogens with zero attached hydrogens (tertiary/aromatic N) is 1. The second-order valence-corrected chi connectivity index (χ2v) is 5.20. The zero-order valence-electron chi connectivity index (χ0n) is 12.0. The van der Waals surface area contributed by atoms with E-state index in [1.54, 1.807) is 7.11 Å². The van der Waals surface area contributed by atoms with Crippen LogP contribution in [-0.2, 0) is 4.74 Å². The summed E-state index contributed by atoms with van der Waals surface area (Å²) in [7, 11) is 1.68. The van der Waals surface area contributed by atoms with E-state index in [0.29, 0.717) is 6.10 Å². The third-order valence-corrected chi connectivity index (χ3v) is 3.76. The summed E-state index contributed by atoms with van der Waals surface area (Å²) in [4.78, 5) is 4.68. The van der Waals surface area contributed by atoms with Crippen molar-refractivity contribution in [2.45, 2.75) is 25.9 Å². The summed E-state index contributed by atoms with van der Waals surface area (Å²) in [6.45, 7) is 3.79. The van der Waals surface area contributed by atoms with Gasteiger partial charge in [-0.1, -0.05) is 12.1 Å². The molecule has 106 valence electrons. The largest absolute Gasteiger partial charge is 0.494 e. The molecule has 1 aromatic carbocycles. The van der Waals surface area contributed by atoms with Crippen LogP contribution >= 0.6 is 0 Å². The first-order chi connectivity index (χ1) is 9.78. The molecule has 4 nitrogen and oxygen atoms in total. The summed E-state index contributed by atoms with van der Waals surface area (Å²) in [6, 6.07) is 8.09. The molecule has 0 saturated carbocycles. The molecule has 1 aromatic heterocycles. The summed E-state index contributed by atoms with van der Waals surface area (Å²) in [6.07, 6.45) is 2.60. The molecular weight excluding hydrogens is 252 g/mol. The SMILES string of the molecule is COc1cccc2c(C)cc(NC[C@H]3CCCO3)nc12. The van der Waals surface area contributed by atoms with Gasteiger partial charge in [-0.3, -0.25) is 0 Å². The maximum atomic E-state index is 5.62. The van der Waals surface area contributed by atoms with Gasteiger partial charge in [0, 0.05) is 18.5 Å². The fourth-order valence-corrected chi connectivity index (χ4v) is 2.67. The number of anilines is 1. The predicted octanol–water partition coefficient (Wildman–Crippen LogP) is 3.14. The first-order valence-corrected chi connectivity index (χ1v) is 7.08. The van der Waals surface area contributed by atoms with Gasteiger partial charge in [0.15, 0.2) is 0 Å². The van der Waals surface area contributed by atoms with E-state index in [0.717, 1.165) is 48.5 Å². The van der Waals surface area contributed by atoms with Crippen LogP contribution < -0.4 is 10.1 Å². The minimum absolute atomic E-state index is 0.311. The molecule has 1 aliphatic rings. The first-order valence-electron chi connectivity index (χ1n) is 7.08. The van der Waals surface area contributed by atoms with Crippen molar-refractivity contribution in [1.29, 1.82) is 0 Å². The van der Waals surface area contributed by atoms with E-state index in [4.69, 9.17) is 9.47 Å². The lowest BCUT2D eigenvalue weighted by Gasteiger charge is -2.13. The molecule has 1 N–H and O–H groups in total. The molecule has 4 heteroatoms. The van der Waals surface area contributed by atoms with Gasteiger partial charge in [0.2, 0.25) is 0 Å². The van der Waals surface area contributed by atoms with Crippen LogP contribution in [-0.4, -0.2) is 31.3 Å². The molecule has 20 heavy (non-hydrogen) atoms. The number of ether oxygens (including phenoxy) is 2. The Morgan fingerprint density at radius 1 is 1.45 bits per heavy atom. The van der Waals surface area contributed by atoms with E-state index in [1.165, 1.54) is 5.56 Å². The van der Waals surface area contributed by atoms with E-state index in [2.05, 4.69) is 29.4 Å². The van der Waals surface area contributed by atoms with E-state index in [9.17, 15) is 0 Å². The zero-order chi connectivity index (χ0) is 13.9. The zero-order valence-corrected chi connectivity index (χ0v) is 12.0. The molecule has 0 amide bonds. The van der Waals surface area contributed by atoms with Crippen LogP contribution in [0, 0.1) is 6.92 Å². The fourth-order valence-electron chi connectivity index (χ4n) is 2.67. The van der Waals surface area contributed by atoms with Gasteiger partial charge < -0.3 is 14.8 Å². The highest BCUT2D eigenvalue weighted by Gasteiger charge is 2.15. The van der Waals surface area contributed by atoms with Gasteiger partial charge in [-0.15, -0.1) is 0 Å². The normalized spacial score (nSPS) is 18.4. The Balaban J connectivity index is 1.87. The molecule has 0 spiro atoms. The second-order valence-electron chi connectivity index (χ2n) is 5.20. The standard InChI is InChI=1S/C16H20N2O2/c1-11-9-15(17-10-12-5-4-8-20-12)18-16-13(11)6-3-7-14(16)19-2/h3,6-7,9,12H,4-5,8,10H2,1-2H3,(H,17,18)/t12-/m1/s1. The molecule has 1 aliphatic heterocycles. The van der Waals surface area contributed by atoms with Crippen LogP contribution in [0.15, 0.2) is 24.3 Å². The Morgan fingerprint density at radius 3 is 3.10 bits per heavy atom. The van der Waals surface area contributed by atoms with E-state index >= 15 is 0 Å². The summed E-state index contributed by atoms with van der Waals surface area (Å²) in [5.41, 5.74) is 2.11. The van der Waals surface area contributed by atoms with Crippen molar-refractivity contribution in [3.05, 3.63) is 29.8 Å². The lowest BCUT2D eigenvalue weighted by Crippen LogP contribution is -2.19. The highest BCUT2D eigenvalue weighted by molar-refractivity contribution is 5.88. The van der Waals surface area contributed by atoms with Crippen LogP contribution in [0.3, 0.4) is 0 Å². The number of pyridine rings is 1. The van der Waals surface area contributed by atoms with Gasteiger partial charge in [0.1, 0.15) is 17.1 Å². The quantitative estimate of drug-likeness (QED) is 0.928. The summed E-state index contributed by atoms with van der Waals surface area (Å²) >= 11 is 0. The van der Waals surface area contributed by atoms with Crippen molar-refractivity contribution >= 4 is 16.7 Å². The van der Waals surface area contributed by atoms with Crippen LogP contribution in [0.5, 0.6) is 5.75 Å². The van der Waals surface area contributed by atoms with Crippen molar-refractivity contribution in [2.75, 3.05) is 25.6 Å². The fraction of sp³-hybridized carbons (Fsp3) is 0.438.